The van der Waals surface area contributed by atoms with E-state index in [0.29, 0.717) is 13.0 Å². The molecule has 1 fully saturated rings. The van der Waals surface area contributed by atoms with Crippen LogP contribution in [-0.2, 0) is 21.4 Å². The number of rotatable bonds is 5. The van der Waals surface area contributed by atoms with Gasteiger partial charge in [-0.1, -0.05) is 29.8 Å². The summed E-state index contributed by atoms with van der Waals surface area (Å²) in [5.74, 6) is 0.111. The van der Waals surface area contributed by atoms with Crippen molar-refractivity contribution < 1.29 is 13.2 Å². The first-order chi connectivity index (χ1) is 12.4. The molecule has 0 spiro atoms. The predicted octanol–water partition coefficient (Wildman–Crippen LogP) is 3.64. The molecule has 1 heterocycles. The summed E-state index contributed by atoms with van der Waals surface area (Å²) in [6.07, 6.45) is 2.46. The third-order valence-corrected chi connectivity index (χ3v) is 6.27. The van der Waals surface area contributed by atoms with E-state index < -0.39 is 10.0 Å². The predicted molar refractivity (Wildman–Crippen MR) is 103 cm³/mol. The molecule has 1 N–H and O–H groups in total. The summed E-state index contributed by atoms with van der Waals surface area (Å²) >= 11 is 6.08. The Labute approximate surface area is 159 Å². The maximum absolute atomic E-state index is 12.5. The zero-order valence-electron chi connectivity index (χ0n) is 14.5. The van der Waals surface area contributed by atoms with Gasteiger partial charge in [0.1, 0.15) is 4.90 Å². The van der Waals surface area contributed by atoms with Gasteiger partial charge in [-0.15, -0.1) is 0 Å². The molecule has 0 bridgehead atoms. The van der Waals surface area contributed by atoms with Crippen molar-refractivity contribution in [3.63, 3.8) is 0 Å². The van der Waals surface area contributed by atoms with Gasteiger partial charge >= 0.3 is 0 Å². The van der Waals surface area contributed by atoms with E-state index in [2.05, 4.69) is 4.72 Å². The highest BCUT2D eigenvalue weighted by atomic mass is 35.5. The summed E-state index contributed by atoms with van der Waals surface area (Å²) in [5.41, 5.74) is 2.49. The quantitative estimate of drug-likeness (QED) is 0.844. The van der Waals surface area contributed by atoms with Crippen molar-refractivity contribution in [3.8, 4) is 0 Å². The van der Waals surface area contributed by atoms with E-state index in [-0.39, 0.29) is 22.4 Å². The zero-order valence-corrected chi connectivity index (χ0v) is 16.1. The summed E-state index contributed by atoms with van der Waals surface area (Å²) in [4.78, 5) is 13.9. The Morgan fingerprint density at radius 3 is 2.69 bits per heavy atom. The lowest BCUT2D eigenvalue weighted by Gasteiger charge is -2.27. The Morgan fingerprint density at radius 2 is 1.96 bits per heavy atom. The lowest BCUT2D eigenvalue weighted by atomic mass is 10.1. The van der Waals surface area contributed by atoms with Gasteiger partial charge in [0.05, 0.1) is 5.02 Å². The van der Waals surface area contributed by atoms with Gasteiger partial charge in [-0.3, -0.25) is 4.79 Å². The number of halogens is 1. The molecule has 0 aliphatic carbocycles. The average molecular weight is 393 g/mol. The second-order valence-corrected chi connectivity index (χ2v) is 8.57. The van der Waals surface area contributed by atoms with Crippen LogP contribution in [0, 0.1) is 6.92 Å². The maximum Gasteiger partial charge on any atom is 0.242 e. The Kier molecular flexibility index (Phi) is 5.65. The number of anilines is 1. The molecule has 1 saturated heterocycles. The highest BCUT2D eigenvalue weighted by Gasteiger charge is 2.20. The molecule has 0 unspecified atom stereocenters. The Morgan fingerprint density at radius 1 is 1.15 bits per heavy atom. The zero-order chi connectivity index (χ0) is 18.7. The van der Waals surface area contributed by atoms with Crippen LogP contribution in [0.1, 0.15) is 30.4 Å². The topological polar surface area (TPSA) is 66.5 Å². The molecule has 1 aliphatic heterocycles. The molecule has 26 heavy (non-hydrogen) atoms. The first-order valence-electron chi connectivity index (χ1n) is 8.52. The molecule has 1 amide bonds. The fraction of sp³-hybridized carbons (Fsp3) is 0.316. The number of nitrogens with one attached hydrogen (secondary N) is 1. The van der Waals surface area contributed by atoms with E-state index in [1.165, 1.54) is 6.07 Å². The Bertz CT molecular complexity index is 928. The first-order valence-corrected chi connectivity index (χ1v) is 10.4. The number of sulfonamides is 1. The van der Waals surface area contributed by atoms with Gasteiger partial charge < -0.3 is 4.90 Å². The van der Waals surface area contributed by atoms with Gasteiger partial charge in [0.15, 0.2) is 0 Å². The van der Waals surface area contributed by atoms with Crippen LogP contribution in [0.15, 0.2) is 47.4 Å². The van der Waals surface area contributed by atoms with Gasteiger partial charge in [-0.2, -0.15) is 0 Å². The summed E-state index contributed by atoms with van der Waals surface area (Å²) in [7, 11) is -3.72. The molecule has 7 heteroatoms. The normalized spacial score (nSPS) is 15.3. The lowest BCUT2D eigenvalue weighted by molar-refractivity contribution is -0.119. The largest absolute Gasteiger partial charge is 0.312 e. The third kappa shape index (κ3) is 4.26. The number of aryl methyl sites for hydroxylation is 1. The summed E-state index contributed by atoms with van der Waals surface area (Å²) in [6.45, 7) is 2.68. The monoisotopic (exact) mass is 392 g/mol. The number of piperidine rings is 1. The van der Waals surface area contributed by atoms with Gasteiger partial charge in [-0.05, 0) is 55.2 Å². The fourth-order valence-corrected chi connectivity index (χ4v) is 4.61. The van der Waals surface area contributed by atoms with Crippen molar-refractivity contribution in [3.05, 3.63) is 58.6 Å². The average Bonchev–Trinajstić information content (AvgIpc) is 2.60. The third-order valence-electron chi connectivity index (χ3n) is 4.39. The Hall–Kier alpha value is -1.89. The maximum atomic E-state index is 12.5. The van der Waals surface area contributed by atoms with Crippen LogP contribution in [0.2, 0.25) is 5.02 Å². The van der Waals surface area contributed by atoms with Crippen LogP contribution in [0.3, 0.4) is 0 Å². The molecule has 0 atom stereocenters. The van der Waals surface area contributed by atoms with E-state index >= 15 is 0 Å². The van der Waals surface area contributed by atoms with Gasteiger partial charge in [-0.25, -0.2) is 13.1 Å². The van der Waals surface area contributed by atoms with Crippen molar-refractivity contribution in [2.45, 2.75) is 37.6 Å². The van der Waals surface area contributed by atoms with Crippen molar-refractivity contribution in [2.24, 2.45) is 0 Å². The van der Waals surface area contributed by atoms with Gasteiger partial charge in [0.25, 0.3) is 0 Å². The van der Waals surface area contributed by atoms with Crippen molar-refractivity contribution >= 4 is 33.2 Å². The van der Waals surface area contributed by atoms with Crippen molar-refractivity contribution in [1.82, 2.24) is 4.72 Å². The van der Waals surface area contributed by atoms with E-state index in [4.69, 9.17) is 11.6 Å². The summed E-state index contributed by atoms with van der Waals surface area (Å²) < 4.78 is 27.6. The molecule has 3 rings (SSSR count). The van der Waals surface area contributed by atoms with Crippen LogP contribution >= 0.6 is 11.6 Å². The number of carbonyl (C=O) groups is 1. The number of carbonyl (C=O) groups excluding carboxylic acids is 1. The van der Waals surface area contributed by atoms with E-state index in [1.807, 2.05) is 31.2 Å². The standard InChI is InChI=1S/C19H21ClN2O3S/c1-14-8-9-18(17(20)11-14)26(24,25)21-13-15-5-4-6-16(12-15)22-10-3-2-7-19(22)23/h4-6,8-9,11-12,21H,2-3,7,10,13H2,1H3. The van der Waals surface area contributed by atoms with Gasteiger partial charge in [0, 0.05) is 25.2 Å². The number of benzene rings is 2. The molecule has 0 aromatic heterocycles. The lowest BCUT2D eigenvalue weighted by Crippen LogP contribution is -2.35. The molecule has 2 aromatic rings. The van der Waals surface area contributed by atoms with Crippen LogP contribution in [-0.4, -0.2) is 20.9 Å². The van der Waals surface area contributed by atoms with Gasteiger partial charge in [0.2, 0.25) is 15.9 Å². The second kappa shape index (κ2) is 7.78. The minimum Gasteiger partial charge on any atom is -0.312 e. The molecule has 0 radical (unpaired) electrons. The molecule has 138 valence electrons. The van der Waals surface area contributed by atoms with Crippen molar-refractivity contribution in [1.29, 1.82) is 0 Å². The number of nitrogens with zero attached hydrogens (tertiary/aromatic N) is 1. The van der Waals surface area contributed by atoms with E-state index in [1.54, 1.807) is 17.0 Å². The summed E-state index contributed by atoms with van der Waals surface area (Å²) in [6, 6.07) is 12.2. The molecular weight excluding hydrogens is 372 g/mol. The highest BCUT2D eigenvalue weighted by molar-refractivity contribution is 7.89. The molecule has 1 aliphatic rings. The molecule has 5 nitrogen and oxygen atoms in total. The molecular formula is C19H21ClN2O3S. The first kappa shape index (κ1) is 18.9. The van der Waals surface area contributed by atoms with Crippen LogP contribution in [0.5, 0.6) is 0 Å². The smallest absolute Gasteiger partial charge is 0.242 e. The number of amides is 1. The SMILES string of the molecule is Cc1ccc(S(=O)(=O)NCc2cccc(N3CCCCC3=O)c2)c(Cl)c1. The number of hydrogen-bond acceptors (Lipinski definition) is 3. The molecule has 0 saturated carbocycles. The van der Waals surface area contributed by atoms with Crippen LogP contribution in [0.25, 0.3) is 0 Å². The van der Waals surface area contributed by atoms with E-state index in [9.17, 15) is 13.2 Å². The van der Waals surface area contributed by atoms with E-state index in [0.717, 1.165) is 29.7 Å². The minimum absolute atomic E-state index is 0.0622. The van der Waals surface area contributed by atoms with Crippen LogP contribution < -0.4 is 9.62 Å². The second-order valence-electron chi connectivity index (χ2n) is 6.43. The number of hydrogen-bond donors (Lipinski definition) is 1. The van der Waals surface area contributed by atoms with Crippen LogP contribution in [0.4, 0.5) is 5.69 Å². The van der Waals surface area contributed by atoms with Crippen molar-refractivity contribution in [2.75, 3.05) is 11.4 Å². The highest BCUT2D eigenvalue weighted by Crippen LogP contribution is 2.24. The minimum atomic E-state index is -3.72. The summed E-state index contributed by atoms with van der Waals surface area (Å²) in [5, 5.41) is 0.199. The molecule has 2 aromatic carbocycles. The Balaban J connectivity index is 1.75. The fourth-order valence-electron chi connectivity index (χ4n) is 2.99.